The molecule has 0 unspecified atom stereocenters. The van der Waals surface area contributed by atoms with E-state index >= 15 is 0 Å². The lowest BCUT2D eigenvalue weighted by atomic mass is 9.86. The summed E-state index contributed by atoms with van der Waals surface area (Å²) >= 11 is 0. The molecule has 0 radical (unpaired) electrons. The summed E-state index contributed by atoms with van der Waals surface area (Å²) in [4.78, 5) is 45.7. The molecule has 0 spiro atoms. The van der Waals surface area contributed by atoms with E-state index < -0.39 is 11.9 Å². The van der Waals surface area contributed by atoms with Crippen LogP contribution in [0.1, 0.15) is 79.1 Å². The third kappa shape index (κ3) is 5.63. The summed E-state index contributed by atoms with van der Waals surface area (Å²) in [7, 11) is 0. The molecule has 0 aromatic rings. The van der Waals surface area contributed by atoms with E-state index in [0.717, 1.165) is 36.8 Å². The van der Waals surface area contributed by atoms with Crippen molar-refractivity contribution in [2.75, 3.05) is 0 Å². The lowest BCUT2D eigenvalue weighted by molar-refractivity contribution is -0.134. The maximum atomic E-state index is 11.8. The van der Waals surface area contributed by atoms with E-state index in [1.165, 1.54) is 11.1 Å². The Labute approximate surface area is 214 Å². The molecule has 0 bridgehead atoms. The molecule has 2 saturated carbocycles. The molecule has 0 aromatic carbocycles. The Bertz CT molecular complexity index is 973. The first kappa shape index (κ1) is 27.8. The summed E-state index contributed by atoms with van der Waals surface area (Å²) < 4.78 is 0. The molecule has 2 fully saturated rings. The van der Waals surface area contributed by atoms with Crippen molar-refractivity contribution in [1.29, 1.82) is 0 Å². The van der Waals surface area contributed by atoms with Gasteiger partial charge in [-0.15, -0.1) is 0 Å². The monoisotopic (exact) mass is 496 g/mol. The Morgan fingerprint density at radius 2 is 1.00 bits per heavy atom. The van der Waals surface area contributed by atoms with Crippen LogP contribution in [0.5, 0.6) is 0 Å². The highest BCUT2D eigenvalue weighted by atomic mass is 16.4. The number of carbonyl (C=O) groups is 4. The molecule has 4 aliphatic rings. The number of Topliss-reactive ketones (excluding diaryl/α,β-unsaturated/α-hetero) is 2. The van der Waals surface area contributed by atoms with Gasteiger partial charge in [-0.2, -0.15) is 0 Å². The molecule has 196 valence electrons. The Hall–Kier alpha value is -2.76. The van der Waals surface area contributed by atoms with E-state index in [9.17, 15) is 19.2 Å². The summed E-state index contributed by atoms with van der Waals surface area (Å²) in [5, 5.41) is 18.1. The van der Waals surface area contributed by atoms with Crippen molar-refractivity contribution in [2.24, 2.45) is 35.5 Å². The van der Waals surface area contributed by atoms with Crippen LogP contribution in [0.15, 0.2) is 46.6 Å². The summed E-state index contributed by atoms with van der Waals surface area (Å²) in [6, 6.07) is 0. The second kappa shape index (κ2) is 11.1. The molecule has 0 saturated heterocycles. The molecule has 0 amide bonds. The number of hydrogen-bond donors (Lipinski definition) is 2. The average molecular weight is 497 g/mol. The van der Waals surface area contributed by atoms with Crippen molar-refractivity contribution in [3.8, 4) is 0 Å². The first-order chi connectivity index (χ1) is 16.8. The van der Waals surface area contributed by atoms with Crippen LogP contribution in [-0.4, -0.2) is 33.7 Å². The summed E-state index contributed by atoms with van der Waals surface area (Å²) in [6.45, 7) is 15.5. The number of carbonyl (C=O) groups excluding carboxylic acids is 2. The topological polar surface area (TPSA) is 109 Å². The number of carboxylic acids is 2. The third-order valence-corrected chi connectivity index (χ3v) is 9.29. The van der Waals surface area contributed by atoms with Gasteiger partial charge in [-0.1, -0.05) is 38.2 Å². The maximum Gasteiger partial charge on any atom is 0.331 e. The number of fused-ring (bicyclic) bond motifs is 2. The third-order valence-electron chi connectivity index (χ3n) is 9.29. The fraction of sp³-hybridized carbons (Fsp3) is 0.600. The highest BCUT2D eigenvalue weighted by Gasteiger charge is 2.39. The van der Waals surface area contributed by atoms with Crippen LogP contribution in [0.4, 0.5) is 0 Å². The highest BCUT2D eigenvalue weighted by Crippen LogP contribution is 2.46. The maximum absolute atomic E-state index is 11.8. The van der Waals surface area contributed by atoms with E-state index in [-0.39, 0.29) is 23.4 Å². The van der Waals surface area contributed by atoms with Gasteiger partial charge in [-0.3, -0.25) is 9.59 Å². The molecule has 0 heterocycles. The predicted octanol–water partition coefficient (Wildman–Crippen LogP) is 5.94. The smallest absolute Gasteiger partial charge is 0.331 e. The standard InChI is InChI=1S/2C15H20O3/c2*1-8-4-5-11(9(2)15(17)18)6-13-10(3)14(16)7-12(8)13/h2*8,11-12H,2,4-7H2,1,3H3,(H,17,18)/t2*8-,11+,12-/m11/s1. The van der Waals surface area contributed by atoms with E-state index in [2.05, 4.69) is 27.0 Å². The van der Waals surface area contributed by atoms with Crippen molar-refractivity contribution in [3.05, 3.63) is 46.6 Å². The Morgan fingerprint density at radius 1 is 0.667 bits per heavy atom. The average Bonchev–Trinajstić information content (AvgIpc) is 3.12. The Morgan fingerprint density at radius 3 is 1.31 bits per heavy atom. The van der Waals surface area contributed by atoms with Gasteiger partial charge in [0.1, 0.15) is 0 Å². The molecule has 6 heteroatoms. The molecular weight excluding hydrogens is 456 g/mol. The minimum atomic E-state index is -0.909. The van der Waals surface area contributed by atoms with Gasteiger partial charge in [0.15, 0.2) is 11.6 Å². The van der Waals surface area contributed by atoms with Crippen molar-refractivity contribution in [2.45, 2.75) is 79.1 Å². The van der Waals surface area contributed by atoms with E-state index in [1.807, 2.05) is 13.8 Å². The zero-order chi connectivity index (χ0) is 26.9. The van der Waals surface area contributed by atoms with Gasteiger partial charge >= 0.3 is 11.9 Å². The molecule has 4 rings (SSSR count). The van der Waals surface area contributed by atoms with Crippen molar-refractivity contribution < 1.29 is 29.4 Å². The molecular formula is C30H40O6. The first-order valence-corrected chi connectivity index (χ1v) is 13.1. The molecule has 36 heavy (non-hydrogen) atoms. The minimum absolute atomic E-state index is 0.00852. The van der Waals surface area contributed by atoms with Crippen LogP contribution in [0, 0.1) is 35.5 Å². The molecule has 0 aromatic heterocycles. The van der Waals surface area contributed by atoms with Crippen LogP contribution >= 0.6 is 0 Å². The lowest BCUT2D eigenvalue weighted by Gasteiger charge is -2.18. The number of rotatable bonds is 4. The normalized spacial score (nSPS) is 32.1. The largest absolute Gasteiger partial charge is 0.478 e. The van der Waals surface area contributed by atoms with E-state index in [1.54, 1.807) is 0 Å². The van der Waals surface area contributed by atoms with Gasteiger partial charge in [-0.05, 0) is 99.0 Å². The van der Waals surface area contributed by atoms with Gasteiger partial charge < -0.3 is 10.2 Å². The second-order valence-electron chi connectivity index (χ2n) is 11.3. The number of aliphatic carboxylic acids is 2. The van der Waals surface area contributed by atoms with Gasteiger partial charge in [0, 0.05) is 24.0 Å². The fourth-order valence-electron chi connectivity index (χ4n) is 6.57. The number of ketones is 2. The summed E-state index contributed by atoms with van der Waals surface area (Å²) in [6.07, 6.45) is 6.34. The first-order valence-electron chi connectivity index (χ1n) is 13.1. The van der Waals surface area contributed by atoms with E-state index in [4.69, 9.17) is 10.2 Å². The molecule has 0 aliphatic heterocycles. The number of hydrogen-bond acceptors (Lipinski definition) is 4. The van der Waals surface area contributed by atoms with Crippen LogP contribution in [-0.2, 0) is 19.2 Å². The fourth-order valence-corrected chi connectivity index (χ4v) is 6.57. The van der Waals surface area contributed by atoms with Crippen molar-refractivity contribution in [1.82, 2.24) is 0 Å². The summed E-state index contributed by atoms with van der Waals surface area (Å²) in [5.74, 6) is 0.250. The van der Waals surface area contributed by atoms with E-state index in [0.29, 0.717) is 60.5 Å². The van der Waals surface area contributed by atoms with Crippen LogP contribution in [0.3, 0.4) is 0 Å². The minimum Gasteiger partial charge on any atom is -0.478 e. The predicted molar refractivity (Wildman–Crippen MR) is 138 cm³/mol. The second-order valence-corrected chi connectivity index (χ2v) is 11.3. The SMILES string of the molecule is C=C(C(=O)O)[C@H]1CC[C@@H](C)[C@H]2CC(=O)C(C)=C2C1.C=C(C(=O)O)[C@H]1CC[C@@H](C)[C@H]2CC(=O)C(C)=C2C1. The van der Waals surface area contributed by atoms with Crippen molar-refractivity contribution >= 4 is 23.5 Å². The molecule has 6 atom stereocenters. The van der Waals surface area contributed by atoms with Gasteiger partial charge in [0.2, 0.25) is 0 Å². The zero-order valence-electron chi connectivity index (χ0n) is 22.1. The molecule has 4 aliphatic carbocycles. The van der Waals surface area contributed by atoms with Gasteiger partial charge in [-0.25, -0.2) is 9.59 Å². The molecule has 6 nitrogen and oxygen atoms in total. The number of carboxylic acid groups (broad SMARTS) is 2. The van der Waals surface area contributed by atoms with Crippen LogP contribution in [0.2, 0.25) is 0 Å². The highest BCUT2D eigenvalue weighted by molar-refractivity contribution is 5.99. The summed E-state index contributed by atoms with van der Waals surface area (Å²) in [5.41, 5.74) is 4.72. The van der Waals surface area contributed by atoms with Crippen molar-refractivity contribution in [3.63, 3.8) is 0 Å². The van der Waals surface area contributed by atoms with Crippen LogP contribution in [0.25, 0.3) is 0 Å². The molecule has 2 N–H and O–H groups in total. The Balaban J connectivity index is 0.000000201. The van der Waals surface area contributed by atoms with Crippen LogP contribution < -0.4 is 0 Å². The lowest BCUT2D eigenvalue weighted by Crippen LogP contribution is -2.12. The quantitative estimate of drug-likeness (QED) is 0.466. The Kier molecular flexibility index (Phi) is 8.58. The van der Waals surface area contributed by atoms with Gasteiger partial charge in [0.25, 0.3) is 0 Å². The zero-order valence-corrected chi connectivity index (χ0v) is 22.1. The number of allylic oxidation sites excluding steroid dienone is 4. The van der Waals surface area contributed by atoms with Gasteiger partial charge in [0.05, 0.1) is 0 Å².